The molecule has 6 nitrogen and oxygen atoms in total. The number of nitrogens with zero attached hydrogens (tertiary/aromatic N) is 6. The zero-order valence-electron chi connectivity index (χ0n) is 15.1. The molecule has 27 heavy (non-hydrogen) atoms. The van der Waals surface area contributed by atoms with Crippen LogP contribution in [-0.4, -0.2) is 42.4 Å². The van der Waals surface area contributed by atoms with Crippen LogP contribution in [0.4, 0.5) is 0 Å². The van der Waals surface area contributed by atoms with Gasteiger partial charge in [0.05, 0.1) is 5.69 Å². The Morgan fingerprint density at radius 3 is 2.93 bits per heavy atom. The molecule has 3 aromatic heterocycles. The summed E-state index contributed by atoms with van der Waals surface area (Å²) in [5.41, 5.74) is 3.35. The monoisotopic (exact) mass is 358 g/mol. The minimum Gasteiger partial charge on any atom is -0.298 e. The van der Waals surface area contributed by atoms with Gasteiger partial charge in [-0.15, -0.1) is 10.2 Å². The van der Waals surface area contributed by atoms with Crippen molar-refractivity contribution in [1.82, 2.24) is 29.3 Å². The van der Waals surface area contributed by atoms with Gasteiger partial charge >= 0.3 is 0 Å². The van der Waals surface area contributed by atoms with Gasteiger partial charge in [-0.2, -0.15) is 5.10 Å². The predicted octanol–water partition coefficient (Wildman–Crippen LogP) is 3.29. The van der Waals surface area contributed by atoms with E-state index in [1.54, 1.807) is 0 Å². The molecule has 1 fully saturated rings. The number of pyridine rings is 1. The fourth-order valence-electron chi connectivity index (χ4n) is 4.03. The molecule has 0 N–H and O–H groups in total. The van der Waals surface area contributed by atoms with E-state index in [1.807, 2.05) is 41.3 Å². The van der Waals surface area contributed by atoms with Crippen LogP contribution < -0.4 is 0 Å². The number of hydrogen-bond acceptors (Lipinski definition) is 4. The molecule has 1 aromatic carbocycles. The molecule has 0 spiro atoms. The lowest BCUT2D eigenvalue weighted by atomic mass is 9.96. The van der Waals surface area contributed by atoms with E-state index in [-0.39, 0.29) is 0 Å². The van der Waals surface area contributed by atoms with Crippen LogP contribution in [0.1, 0.15) is 30.1 Å². The van der Waals surface area contributed by atoms with Crippen LogP contribution in [0.15, 0.2) is 67.1 Å². The molecule has 5 rings (SSSR count). The first-order valence-electron chi connectivity index (χ1n) is 9.48. The van der Waals surface area contributed by atoms with Crippen LogP contribution in [0.2, 0.25) is 0 Å². The van der Waals surface area contributed by atoms with Gasteiger partial charge in [0.15, 0.2) is 5.65 Å². The Morgan fingerprint density at radius 1 is 1.00 bits per heavy atom. The van der Waals surface area contributed by atoms with Crippen molar-refractivity contribution in [2.45, 2.75) is 25.3 Å². The first-order valence-corrected chi connectivity index (χ1v) is 9.48. The van der Waals surface area contributed by atoms with E-state index < -0.39 is 0 Å². The largest absolute Gasteiger partial charge is 0.298 e. The summed E-state index contributed by atoms with van der Waals surface area (Å²) in [6.45, 7) is 3.09. The smallest absolute Gasteiger partial charge is 0.160 e. The van der Waals surface area contributed by atoms with Crippen LogP contribution in [0.25, 0.3) is 11.3 Å². The summed E-state index contributed by atoms with van der Waals surface area (Å²) in [5, 5.41) is 13.1. The SMILES string of the molecule is c1cc(CN2CCC[C@H](c3nnc4ccccn34)C2)cc(-n2cccn2)c1. The van der Waals surface area contributed by atoms with Crippen LogP contribution >= 0.6 is 0 Å². The average molecular weight is 358 g/mol. The van der Waals surface area contributed by atoms with E-state index in [2.05, 4.69) is 55.1 Å². The van der Waals surface area contributed by atoms with Crippen molar-refractivity contribution in [2.24, 2.45) is 0 Å². The Balaban J connectivity index is 1.34. The molecular formula is C21H22N6. The minimum absolute atomic E-state index is 0.422. The molecule has 1 aliphatic heterocycles. The van der Waals surface area contributed by atoms with Crippen LogP contribution in [-0.2, 0) is 6.54 Å². The van der Waals surface area contributed by atoms with Crippen LogP contribution in [0.3, 0.4) is 0 Å². The molecule has 0 aliphatic carbocycles. The Hall–Kier alpha value is -2.99. The summed E-state index contributed by atoms with van der Waals surface area (Å²) in [4.78, 5) is 2.53. The summed E-state index contributed by atoms with van der Waals surface area (Å²) >= 11 is 0. The summed E-state index contributed by atoms with van der Waals surface area (Å²) in [6.07, 6.45) is 8.21. The number of benzene rings is 1. The number of fused-ring (bicyclic) bond motifs is 1. The topological polar surface area (TPSA) is 51.3 Å². The van der Waals surface area contributed by atoms with Gasteiger partial charge in [0.2, 0.25) is 0 Å². The highest BCUT2D eigenvalue weighted by atomic mass is 15.3. The normalized spacial score (nSPS) is 18.1. The fourth-order valence-corrected chi connectivity index (χ4v) is 4.03. The van der Waals surface area contributed by atoms with Crippen molar-refractivity contribution in [3.05, 3.63) is 78.5 Å². The Morgan fingerprint density at radius 2 is 2.00 bits per heavy atom. The quantitative estimate of drug-likeness (QED) is 0.562. The van der Waals surface area contributed by atoms with Crippen molar-refractivity contribution in [3.8, 4) is 5.69 Å². The maximum Gasteiger partial charge on any atom is 0.160 e. The van der Waals surface area contributed by atoms with Crippen molar-refractivity contribution >= 4 is 5.65 Å². The van der Waals surface area contributed by atoms with E-state index in [0.29, 0.717) is 5.92 Å². The van der Waals surface area contributed by atoms with Gasteiger partial charge in [0.25, 0.3) is 0 Å². The van der Waals surface area contributed by atoms with E-state index in [1.165, 1.54) is 18.4 Å². The molecule has 4 aromatic rings. The lowest BCUT2D eigenvalue weighted by Gasteiger charge is -2.32. The highest BCUT2D eigenvalue weighted by Gasteiger charge is 2.25. The molecule has 6 heteroatoms. The second-order valence-electron chi connectivity index (χ2n) is 7.18. The van der Waals surface area contributed by atoms with Crippen molar-refractivity contribution in [1.29, 1.82) is 0 Å². The number of hydrogen-bond donors (Lipinski definition) is 0. The Bertz CT molecular complexity index is 1040. The van der Waals surface area contributed by atoms with Gasteiger partial charge < -0.3 is 0 Å². The summed E-state index contributed by atoms with van der Waals surface area (Å²) in [7, 11) is 0. The molecule has 0 radical (unpaired) electrons. The molecule has 136 valence electrons. The molecule has 0 amide bonds. The second-order valence-corrected chi connectivity index (χ2v) is 7.18. The molecular weight excluding hydrogens is 336 g/mol. The molecule has 1 atom stereocenters. The fraction of sp³-hybridized carbons (Fsp3) is 0.286. The molecule has 1 saturated heterocycles. The predicted molar refractivity (Wildman–Crippen MR) is 104 cm³/mol. The third-order valence-corrected chi connectivity index (χ3v) is 5.30. The van der Waals surface area contributed by atoms with Gasteiger partial charge in [-0.05, 0) is 55.3 Å². The van der Waals surface area contributed by atoms with Crippen LogP contribution in [0.5, 0.6) is 0 Å². The molecule has 0 saturated carbocycles. The van der Waals surface area contributed by atoms with Crippen molar-refractivity contribution in [3.63, 3.8) is 0 Å². The molecule has 1 aliphatic rings. The first-order chi connectivity index (χ1) is 13.4. The minimum atomic E-state index is 0.422. The average Bonchev–Trinajstić information content (AvgIpc) is 3.39. The highest BCUT2D eigenvalue weighted by Crippen LogP contribution is 2.27. The number of aromatic nitrogens is 5. The maximum absolute atomic E-state index is 4.48. The molecule has 0 unspecified atom stereocenters. The standard InChI is InChI=1S/C21H22N6/c1-2-12-26-20(9-1)23-24-21(26)18-7-4-11-25(16-18)15-17-6-3-8-19(14-17)27-13-5-10-22-27/h1-3,5-6,8-10,12-14,18H,4,7,11,15-16H2/t18-/m0/s1. The van der Waals surface area contributed by atoms with E-state index >= 15 is 0 Å². The number of piperidine rings is 1. The summed E-state index contributed by atoms with van der Waals surface area (Å²) in [5.74, 6) is 1.51. The zero-order valence-corrected chi connectivity index (χ0v) is 15.1. The number of likely N-dealkylation sites (tertiary alicyclic amines) is 1. The zero-order chi connectivity index (χ0) is 18.1. The van der Waals surface area contributed by atoms with Crippen LogP contribution in [0, 0.1) is 0 Å². The Kier molecular flexibility index (Phi) is 4.18. The van der Waals surface area contributed by atoms with E-state index in [4.69, 9.17) is 0 Å². The summed E-state index contributed by atoms with van der Waals surface area (Å²) in [6, 6.07) is 16.6. The second kappa shape index (κ2) is 6.96. The lowest BCUT2D eigenvalue weighted by molar-refractivity contribution is 0.196. The third-order valence-electron chi connectivity index (χ3n) is 5.30. The summed E-state index contributed by atoms with van der Waals surface area (Å²) < 4.78 is 4.04. The van der Waals surface area contributed by atoms with Gasteiger partial charge in [-0.3, -0.25) is 9.30 Å². The van der Waals surface area contributed by atoms with Gasteiger partial charge in [0, 0.05) is 37.6 Å². The van der Waals surface area contributed by atoms with E-state index in [0.717, 1.165) is 36.8 Å². The van der Waals surface area contributed by atoms with Gasteiger partial charge in [0.1, 0.15) is 5.82 Å². The first kappa shape index (κ1) is 16.2. The van der Waals surface area contributed by atoms with Gasteiger partial charge in [-0.1, -0.05) is 18.2 Å². The van der Waals surface area contributed by atoms with Crippen molar-refractivity contribution < 1.29 is 0 Å². The third kappa shape index (κ3) is 3.24. The maximum atomic E-state index is 4.48. The van der Waals surface area contributed by atoms with E-state index in [9.17, 15) is 0 Å². The number of rotatable bonds is 4. The molecule has 0 bridgehead atoms. The lowest BCUT2D eigenvalue weighted by Crippen LogP contribution is -2.34. The van der Waals surface area contributed by atoms with Gasteiger partial charge in [-0.25, -0.2) is 4.68 Å². The highest BCUT2D eigenvalue weighted by molar-refractivity contribution is 5.38. The molecule has 4 heterocycles. The Labute approximate surface area is 158 Å². The van der Waals surface area contributed by atoms with Crippen molar-refractivity contribution in [2.75, 3.05) is 13.1 Å².